The van der Waals surface area contributed by atoms with E-state index in [1.807, 2.05) is 0 Å². The summed E-state index contributed by atoms with van der Waals surface area (Å²) >= 11 is 0. The first-order valence-electron chi connectivity index (χ1n) is 19.6. The molecule has 0 aromatic heterocycles. The van der Waals surface area contributed by atoms with Gasteiger partial charge in [0, 0.05) is 25.2 Å². The molecule has 27 nitrogen and oxygen atoms in total. The molecule has 0 radical (unpaired) electrons. The third-order valence-corrected chi connectivity index (χ3v) is 12.3. The van der Waals surface area contributed by atoms with E-state index >= 15 is 0 Å². The van der Waals surface area contributed by atoms with Crippen LogP contribution in [0.4, 0.5) is 73.0 Å². The zero-order chi connectivity index (χ0) is 52.6. The van der Waals surface area contributed by atoms with Gasteiger partial charge in [0.15, 0.2) is 0 Å². The molecule has 6 aromatic rings. The maximum atomic E-state index is 13.2. The maximum Gasteiger partial charge on any atom is 1.00 e. The van der Waals surface area contributed by atoms with Gasteiger partial charge in [-0.3, -0.25) is 9.59 Å². The summed E-state index contributed by atoms with van der Waals surface area (Å²) in [5, 5.41) is 41.1. The van der Waals surface area contributed by atoms with Crippen LogP contribution in [0.25, 0.3) is 0 Å². The Morgan fingerprint density at radius 2 is 0.645 bits per heavy atom. The van der Waals surface area contributed by atoms with Gasteiger partial charge in [-0.05, 0) is 121 Å². The van der Waals surface area contributed by atoms with Crippen LogP contribution in [0.3, 0.4) is 0 Å². The largest absolute Gasteiger partial charge is 1.00 e. The van der Waals surface area contributed by atoms with E-state index < -0.39 is 89.3 Å². The Kier molecular flexibility index (Phi) is 25.8. The molecule has 0 saturated heterocycles. The SMILES string of the molecule is CC(=O)Nc1cc(NC(=O)Nc2ccc(N=Nc3ccc(N=Nc4ccc(S(=O)(=O)[O-])cc4)cc3S(=O)(=O)[O-])c(NC(C)=O)c2)ccc1N=Nc1ccc(N=Nc2ccc(S(=O)(=O)[O-])cc2)cc1S(=O)(=O)[O-].[Na+].[Na+].[Na+].[Na+]. The molecular formula is C41H30N12Na4O15S4. The van der Waals surface area contributed by atoms with Crippen molar-refractivity contribution in [3.8, 4) is 0 Å². The number of hydrogen-bond donors (Lipinski definition) is 4. The van der Waals surface area contributed by atoms with Crippen molar-refractivity contribution in [3.63, 3.8) is 0 Å². The summed E-state index contributed by atoms with van der Waals surface area (Å²) in [6.45, 7) is 2.33. The fourth-order valence-electron chi connectivity index (χ4n) is 5.78. The van der Waals surface area contributed by atoms with Crippen molar-refractivity contribution in [2.24, 2.45) is 40.9 Å². The zero-order valence-electron chi connectivity index (χ0n) is 40.4. The van der Waals surface area contributed by atoms with Crippen LogP contribution in [-0.2, 0) is 50.1 Å². The van der Waals surface area contributed by atoms with Crippen LogP contribution in [0.5, 0.6) is 0 Å². The molecule has 0 bridgehead atoms. The van der Waals surface area contributed by atoms with Gasteiger partial charge in [-0.15, -0.1) is 20.5 Å². The Labute approximate surface area is 521 Å². The normalized spacial score (nSPS) is 11.8. The average Bonchev–Trinajstić information content (AvgIpc) is 3.28. The van der Waals surface area contributed by atoms with Crippen molar-refractivity contribution >= 4 is 127 Å². The molecule has 0 aliphatic rings. The summed E-state index contributed by atoms with van der Waals surface area (Å²) < 4.78 is 140. The molecule has 0 aliphatic carbocycles. The third kappa shape index (κ3) is 20.1. The summed E-state index contributed by atoms with van der Waals surface area (Å²) in [4.78, 5) is 34.7. The number of benzene rings is 6. The average molecular weight is 1150 g/mol. The van der Waals surface area contributed by atoms with Crippen LogP contribution in [0.15, 0.2) is 182 Å². The van der Waals surface area contributed by atoms with E-state index in [9.17, 15) is 66.3 Å². The maximum absolute atomic E-state index is 13.2. The zero-order valence-corrected chi connectivity index (χ0v) is 51.6. The van der Waals surface area contributed by atoms with E-state index in [2.05, 4.69) is 62.2 Å². The van der Waals surface area contributed by atoms with Crippen molar-refractivity contribution in [1.82, 2.24) is 0 Å². The number of rotatable bonds is 16. The van der Waals surface area contributed by atoms with Crippen molar-refractivity contribution < 1.29 is 184 Å². The van der Waals surface area contributed by atoms with Crippen LogP contribution >= 0.6 is 0 Å². The number of nitrogens with zero attached hydrogens (tertiary/aromatic N) is 8. The van der Waals surface area contributed by atoms with E-state index in [0.717, 1.165) is 62.4 Å². The molecule has 76 heavy (non-hydrogen) atoms. The third-order valence-electron chi connectivity index (χ3n) is 8.90. The van der Waals surface area contributed by atoms with E-state index in [-0.39, 0.29) is 175 Å². The number of nitrogens with one attached hydrogen (secondary N) is 4. The number of urea groups is 1. The first-order valence-corrected chi connectivity index (χ1v) is 25.2. The molecule has 0 saturated carbocycles. The topological polar surface area (TPSA) is 427 Å². The quantitative estimate of drug-likeness (QED) is 0.0416. The molecule has 4 amide bonds. The van der Waals surface area contributed by atoms with Crippen LogP contribution in [0, 0.1) is 0 Å². The monoisotopic (exact) mass is 1150 g/mol. The summed E-state index contributed by atoms with van der Waals surface area (Å²) in [7, 11) is -19.8. The number of amides is 4. The van der Waals surface area contributed by atoms with Gasteiger partial charge in [-0.1, -0.05) is 0 Å². The Morgan fingerprint density at radius 3 is 0.947 bits per heavy atom. The van der Waals surface area contributed by atoms with Gasteiger partial charge in [-0.25, -0.2) is 38.5 Å². The van der Waals surface area contributed by atoms with E-state index in [0.29, 0.717) is 0 Å². The predicted molar refractivity (Wildman–Crippen MR) is 248 cm³/mol. The summed E-state index contributed by atoms with van der Waals surface area (Å²) in [6, 6.07) is 21.9. The van der Waals surface area contributed by atoms with Gasteiger partial charge < -0.3 is 39.5 Å². The number of carbonyl (C=O) groups is 3. The molecule has 0 heterocycles. The molecular weight excluding hydrogens is 1120 g/mol. The molecule has 35 heteroatoms. The fourth-order valence-corrected chi connectivity index (χ4v) is 7.98. The molecule has 4 N–H and O–H groups in total. The molecule has 6 aromatic carbocycles. The first kappa shape index (κ1) is 67.7. The standard InChI is InChI=1S/C41H34N12O15S4.4Na/c1-23(54)42-37-19-27(7-15-33(37)50-52-35-17-9-29(21-39(35)71(63,64)65)48-46-25-3-11-31(12-4-25)69(57,58)59)44-41(56)45-28-8-16-34(38(20-28)43-24(2)55)51-53-36-18-10-30(22-40(36)72(66,67)68)49-47-26-5-13-32(14-6-26)70(60,61)62;;;;/h3-22H,1-2H3,(H,42,54)(H,43,55)(H2,44,45,56)(H,57,58,59)(H,60,61,62)(H,63,64,65)(H,66,67,68);;;;/q;4*+1/p-4. The Balaban J connectivity index is 0.00000494. The number of carbonyl (C=O) groups excluding carboxylic acids is 3. The van der Waals surface area contributed by atoms with Crippen LogP contribution in [0.2, 0.25) is 0 Å². The van der Waals surface area contributed by atoms with Crippen molar-refractivity contribution in [3.05, 3.63) is 121 Å². The van der Waals surface area contributed by atoms with Gasteiger partial charge in [0.2, 0.25) is 11.8 Å². The smallest absolute Gasteiger partial charge is 0.744 e. The Hall–Kier alpha value is -4.43. The second-order valence-electron chi connectivity index (χ2n) is 14.3. The van der Waals surface area contributed by atoms with Gasteiger partial charge in [0.1, 0.15) is 63.2 Å². The summed E-state index contributed by atoms with van der Waals surface area (Å²) in [6.07, 6.45) is 0. The number of hydrogen-bond acceptors (Lipinski definition) is 23. The fraction of sp³-hybridized carbons (Fsp3) is 0.0488. The second kappa shape index (κ2) is 29.0. The number of azo groups is 4. The second-order valence-corrected chi connectivity index (χ2v) is 19.8. The van der Waals surface area contributed by atoms with Crippen molar-refractivity contribution in [2.45, 2.75) is 33.4 Å². The van der Waals surface area contributed by atoms with Crippen molar-refractivity contribution in [1.29, 1.82) is 0 Å². The Bertz CT molecular complexity index is 3500. The Morgan fingerprint density at radius 1 is 0.355 bits per heavy atom. The molecule has 0 aliphatic heterocycles. The first-order chi connectivity index (χ1) is 33.7. The molecule has 0 atom stereocenters. The predicted octanol–water partition coefficient (Wildman–Crippen LogP) is -3.46. The van der Waals surface area contributed by atoms with Crippen LogP contribution in [-0.4, -0.2) is 69.7 Å². The van der Waals surface area contributed by atoms with Gasteiger partial charge in [0.05, 0.1) is 53.7 Å². The van der Waals surface area contributed by atoms with Gasteiger partial charge in [-0.2, -0.15) is 20.5 Å². The van der Waals surface area contributed by atoms with Crippen LogP contribution < -0.4 is 139 Å². The van der Waals surface area contributed by atoms with Crippen LogP contribution in [0.1, 0.15) is 13.8 Å². The minimum absolute atomic E-state index is 0. The number of anilines is 4. The van der Waals surface area contributed by atoms with Gasteiger partial charge >= 0.3 is 124 Å². The molecule has 6 rings (SSSR count). The molecule has 0 unspecified atom stereocenters. The summed E-state index contributed by atoms with van der Waals surface area (Å²) in [5.41, 5.74) is -0.990. The molecule has 0 spiro atoms. The summed E-state index contributed by atoms with van der Waals surface area (Å²) in [5.74, 6) is -1.18. The molecule has 372 valence electrons. The van der Waals surface area contributed by atoms with E-state index in [1.54, 1.807) is 0 Å². The minimum atomic E-state index is -5.20. The van der Waals surface area contributed by atoms with E-state index in [4.69, 9.17) is 0 Å². The van der Waals surface area contributed by atoms with E-state index in [1.165, 1.54) is 72.8 Å². The molecule has 0 fully saturated rings. The van der Waals surface area contributed by atoms with Gasteiger partial charge in [0.25, 0.3) is 0 Å². The minimum Gasteiger partial charge on any atom is -0.744 e. The van der Waals surface area contributed by atoms with Crippen molar-refractivity contribution in [2.75, 3.05) is 21.3 Å².